The third-order valence-corrected chi connectivity index (χ3v) is 2.90. The predicted molar refractivity (Wildman–Crippen MR) is 75.9 cm³/mol. The van der Waals surface area contributed by atoms with Gasteiger partial charge >= 0.3 is 5.97 Å². The highest BCUT2D eigenvalue weighted by Crippen LogP contribution is 2.20. The van der Waals surface area contributed by atoms with Crippen LogP contribution in [-0.2, 0) is 4.74 Å². The number of rotatable bonds is 3. The first-order chi connectivity index (χ1) is 10.3. The minimum Gasteiger partial charge on any atom is -0.463 e. The van der Waals surface area contributed by atoms with Crippen LogP contribution in [0, 0.1) is 0 Å². The SMILES string of the molecule is COC(=O)c1nc(-c2ccccc2)n(-c2cccnc2)n1. The Kier molecular flexibility index (Phi) is 3.42. The summed E-state index contributed by atoms with van der Waals surface area (Å²) in [4.78, 5) is 20.0. The Bertz CT molecular complexity index is 697. The van der Waals surface area contributed by atoms with Crippen LogP contribution in [0.25, 0.3) is 17.1 Å². The molecule has 0 spiro atoms. The van der Waals surface area contributed by atoms with E-state index in [9.17, 15) is 4.79 Å². The largest absolute Gasteiger partial charge is 0.463 e. The third-order valence-electron chi connectivity index (χ3n) is 2.90. The number of carbonyl (C=O) groups excluding carboxylic acids is 1. The number of carbonyl (C=O) groups is 1. The van der Waals surface area contributed by atoms with E-state index in [4.69, 9.17) is 0 Å². The van der Waals surface area contributed by atoms with E-state index in [1.54, 1.807) is 23.1 Å². The summed E-state index contributed by atoms with van der Waals surface area (Å²) in [7, 11) is 1.30. The number of aromatic nitrogens is 4. The van der Waals surface area contributed by atoms with E-state index in [0.717, 1.165) is 11.3 Å². The second kappa shape index (κ2) is 5.54. The van der Waals surface area contributed by atoms with Crippen LogP contribution in [0.2, 0.25) is 0 Å². The molecular weight excluding hydrogens is 268 g/mol. The van der Waals surface area contributed by atoms with Crippen molar-refractivity contribution in [2.45, 2.75) is 0 Å². The maximum Gasteiger partial charge on any atom is 0.377 e. The lowest BCUT2D eigenvalue weighted by atomic mass is 10.2. The Labute approximate surface area is 121 Å². The molecule has 2 aromatic heterocycles. The zero-order chi connectivity index (χ0) is 14.7. The summed E-state index contributed by atoms with van der Waals surface area (Å²) in [6, 6.07) is 13.1. The molecule has 6 heteroatoms. The van der Waals surface area contributed by atoms with Crippen molar-refractivity contribution in [2.75, 3.05) is 7.11 Å². The van der Waals surface area contributed by atoms with Crippen LogP contribution in [-0.4, -0.2) is 32.8 Å². The van der Waals surface area contributed by atoms with E-state index < -0.39 is 5.97 Å². The van der Waals surface area contributed by atoms with Gasteiger partial charge in [0.05, 0.1) is 19.0 Å². The molecular formula is C15H12N4O2. The van der Waals surface area contributed by atoms with Crippen LogP contribution in [0.15, 0.2) is 54.9 Å². The van der Waals surface area contributed by atoms with E-state index in [-0.39, 0.29) is 5.82 Å². The first kappa shape index (κ1) is 13.0. The van der Waals surface area contributed by atoms with Gasteiger partial charge in [-0.25, -0.2) is 14.5 Å². The standard InChI is InChI=1S/C15H12N4O2/c1-21-15(20)13-17-14(11-6-3-2-4-7-11)19(18-13)12-8-5-9-16-10-12/h2-10H,1H3. The lowest BCUT2D eigenvalue weighted by Crippen LogP contribution is -2.05. The zero-order valence-electron chi connectivity index (χ0n) is 11.3. The van der Waals surface area contributed by atoms with Gasteiger partial charge in [0.15, 0.2) is 5.82 Å². The molecule has 1 aromatic carbocycles. The Morgan fingerprint density at radius 3 is 2.62 bits per heavy atom. The van der Waals surface area contributed by atoms with Gasteiger partial charge in [0.1, 0.15) is 0 Å². The number of ether oxygens (including phenoxy) is 1. The number of esters is 1. The average molecular weight is 280 g/mol. The maximum absolute atomic E-state index is 11.7. The van der Waals surface area contributed by atoms with Crippen LogP contribution in [0.1, 0.15) is 10.6 Å². The second-order valence-electron chi connectivity index (χ2n) is 4.24. The fraction of sp³-hybridized carbons (Fsp3) is 0.0667. The smallest absolute Gasteiger partial charge is 0.377 e. The number of nitrogens with zero attached hydrogens (tertiary/aromatic N) is 4. The van der Waals surface area contributed by atoms with Crippen molar-refractivity contribution < 1.29 is 9.53 Å². The van der Waals surface area contributed by atoms with E-state index in [1.165, 1.54) is 7.11 Å². The van der Waals surface area contributed by atoms with E-state index in [2.05, 4.69) is 19.8 Å². The third kappa shape index (κ3) is 2.51. The Morgan fingerprint density at radius 2 is 1.95 bits per heavy atom. The number of hydrogen-bond acceptors (Lipinski definition) is 5. The monoisotopic (exact) mass is 280 g/mol. The molecule has 0 unspecified atom stereocenters. The topological polar surface area (TPSA) is 69.9 Å². The molecule has 0 fully saturated rings. The minimum absolute atomic E-state index is 0.0141. The molecule has 0 bridgehead atoms. The highest BCUT2D eigenvalue weighted by molar-refractivity contribution is 5.85. The number of hydrogen-bond donors (Lipinski definition) is 0. The first-order valence-corrected chi connectivity index (χ1v) is 6.31. The molecule has 6 nitrogen and oxygen atoms in total. The molecule has 0 aliphatic heterocycles. The Hall–Kier alpha value is -3.02. The van der Waals surface area contributed by atoms with Gasteiger partial charge in [-0.05, 0) is 12.1 Å². The molecule has 3 aromatic rings. The molecule has 0 radical (unpaired) electrons. The van der Waals surface area contributed by atoms with E-state index in [0.29, 0.717) is 5.82 Å². The molecule has 104 valence electrons. The van der Waals surface area contributed by atoms with Crippen molar-refractivity contribution in [3.63, 3.8) is 0 Å². The van der Waals surface area contributed by atoms with Gasteiger partial charge in [-0.15, -0.1) is 5.10 Å². The van der Waals surface area contributed by atoms with Gasteiger partial charge in [0, 0.05) is 11.8 Å². The molecule has 0 saturated carbocycles. The molecule has 0 N–H and O–H groups in total. The van der Waals surface area contributed by atoms with E-state index >= 15 is 0 Å². The van der Waals surface area contributed by atoms with Crippen LogP contribution in [0.5, 0.6) is 0 Å². The normalized spacial score (nSPS) is 10.3. The first-order valence-electron chi connectivity index (χ1n) is 6.31. The van der Waals surface area contributed by atoms with Crippen molar-refractivity contribution in [3.8, 4) is 17.1 Å². The second-order valence-corrected chi connectivity index (χ2v) is 4.24. The Morgan fingerprint density at radius 1 is 1.14 bits per heavy atom. The average Bonchev–Trinajstić information content (AvgIpc) is 3.01. The van der Waals surface area contributed by atoms with Gasteiger partial charge in [-0.3, -0.25) is 4.98 Å². The lowest BCUT2D eigenvalue weighted by molar-refractivity contribution is 0.0587. The van der Waals surface area contributed by atoms with Crippen molar-refractivity contribution in [3.05, 3.63) is 60.7 Å². The van der Waals surface area contributed by atoms with Gasteiger partial charge in [0.2, 0.25) is 0 Å². The number of pyridine rings is 1. The summed E-state index contributed by atoms with van der Waals surface area (Å²) in [6.07, 6.45) is 3.33. The number of methoxy groups -OCH3 is 1. The zero-order valence-corrected chi connectivity index (χ0v) is 11.3. The van der Waals surface area contributed by atoms with Crippen LogP contribution >= 0.6 is 0 Å². The molecule has 0 saturated heterocycles. The molecule has 0 aliphatic rings. The quantitative estimate of drug-likeness (QED) is 0.687. The van der Waals surface area contributed by atoms with Crippen molar-refractivity contribution >= 4 is 5.97 Å². The fourth-order valence-corrected chi connectivity index (χ4v) is 1.92. The van der Waals surface area contributed by atoms with Crippen LogP contribution in [0.3, 0.4) is 0 Å². The predicted octanol–water partition coefficient (Wildman–Crippen LogP) is 2.12. The molecule has 2 heterocycles. The van der Waals surface area contributed by atoms with Gasteiger partial charge < -0.3 is 4.74 Å². The molecule has 0 amide bonds. The highest BCUT2D eigenvalue weighted by Gasteiger charge is 2.18. The number of benzene rings is 1. The van der Waals surface area contributed by atoms with Gasteiger partial charge in [-0.1, -0.05) is 30.3 Å². The van der Waals surface area contributed by atoms with Crippen molar-refractivity contribution in [1.82, 2.24) is 19.7 Å². The Balaban J connectivity index is 2.18. The summed E-state index contributed by atoms with van der Waals surface area (Å²) in [5.41, 5.74) is 1.57. The summed E-state index contributed by atoms with van der Waals surface area (Å²) in [5.74, 6) is -0.000900. The van der Waals surface area contributed by atoms with Crippen molar-refractivity contribution in [1.29, 1.82) is 0 Å². The summed E-state index contributed by atoms with van der Waals surface area (Å²) >= 11 is 0. The van der Waals surface area contributed by atoms with Gasteiger partial charge in [-0.2, -0.15) is 0 Å². The molecule has 0 aliphatic carbocycles. The fourth-order valence-electron chi connectivity index (χ4n) is 1.92. The molecule has 0 atom stereocenters. The maximum atomic E-state index is 11.7. The molecule has 3 rings (SSSR count). The summed E-state index contributed by atoms with van der Waals surface area (Å²) < 4.78 is 6.26. The van der Waals surface area contributed by atoms with Gasteiger partial charge in [0.25, 0.3) is 5.82 Å². The summed E-state index contributed by atoms with van der Waals surface area (Å²) in [5, 5.41) is 4.22. The lowest BCUT2D eigenvalue weighted by Gasteiger charge is -2.04. The summed E-state index contributed by atoms with van der Waals surface area (Å²) in [6.45, 7) is 0. The molecule has 21 heavy (non-hydrogen) atoms. The van der Waals surface area contributed by atoms with E-state index in [1.807, 2.05) is 36.4 Å². The minimum atomic E-state index is -0.574. The van der Waals surface area contributed by atoms with Crippen molar-refractivity contribution in [2.24, 2.45) is 0 Å². The highest BCUT2D eigenvalue weighted by atomic mass is 16.5. The van der Waals surface area contributed by atoms with Crippen LogP contribution < -0.4 is 0 Å². The van der Waals surface area contributed by atoms with Crippen LogP contribution in [0.4, 0.5) is 0 Å².